The molecule has 0 aliphatic heterocycles. The van der Waals surface area contributed by atoms with Crippen LogP contribution in [0.3, 0.4) is 0 Å². The number of carbonyl (C=O) groups excluding carboxylic acids is 1. The highest BCUT2D eigenvalue weighted by atomic mass is 32.2. The molecule has 1 fully saturated rings. The number of primary sulfonamides is 1. The van der Waals surface area contributed by atoms with Gasteiger partial charge in [0.25, 0.3) is 0 Å². The van der Waals surface area contributed by atoms with Gasteiger partial charge in [-0.25, -0.2) is 18.4 Å². The summed E-state index contributed by atoms with van der Waals surface area (Å²) in [5.74, 6) is -1.14. The van der Waals surface area contributed by atoms with Crippen molar-refractivity contribution in [3.05, 3.63) is 0 Å². The average molecular weight is 321 g/mol. The summed E-state index contributed by atoms with van der Waals surface area (Å²) in [7, 11) is -3.53. The van der Waals surface area contributed by atoms with E-state index >= 15 is 0 Å². The molecule has 0 unspecified atom stereocenters. The maximum Gasteiger partial charge on any atom is 0.315 e. The predicted molar refractivity (Wildman–Crippen MR) is 77.2 cm³/mol. The molecule has 5 N–H and O–H groups in total. The topological polar surface area (TPSA) is 139 Å². The number of hydrogen-bond acceptors (Lipinski definition) is 4. The van der Waals surface area contributed by atoms with E-state index in [4.69, 9.17) is 10.2 Å². The Morgan fingerprint density at radius 1 is 1.19 bits per heavy atom. The molecular weight excluding hydrogens is 298 g/mol. The van der Waals surface area contributed by atoms with Gasteiger partial charge in [0.2, 0.25) is 10.0 Å². The Bertz CT molecular complexity index is 471. The Labute approximate surface area is 124 Å². The third-order valence-electron chi connectivity index (χ3n) is 3.57. The lowest BCUT2D eigenvalue weighted by molar-refractivity contribution is -0.139. The Hall–Kier alpha value is -1.35. The Morgan fingerprint density at radius 2 is 1.81 bits per heavy atom. The van der Waals surface area contributed by atoms with E-state index in [0.717, 1.165) is 19.3 Å². The number of carboxylic acid groups (broad SMARTS) is 1. The molecule has 0 spiro atoms. The molecule has 9 heteroatoms. The molecule has 0 radical (unpaired) electrons. The van der Waals surface area contributed by atoms with Gasteiger partial charge in [-0.1, -0.05) is 19.3 Å². The van der Waals surface area contributed by atoms with E-state index in [-0.39, 0.29) is 25.1 Å². The standard InChI is InChI=1S/C12H23N3O5S/c13-21(19,20)8-4-7-14-11(18)15-12(9-10(16)17)5-2-1-3-6-12/h1-9H2,(H,16,17)(H2,13,19,20)(H2,14,15,18). The number of amides is 2. The highest BCUT2D eigenvalue weighted by molar-refractivity contribution is 7.89. The van der Waals surface area contributed by atoms with Crippen molar-refractivity contribution in [1.29, 1.82) is 0 Å². The summed E-state index contributed by atoms with van der Waals surface area (Å²) in [4.78, 5) is 22.8. The van der Waals surface area contributed by atoms with Crippen molar-refractivity contribution in [2.45, 2.75) is 50.5 Å². The van der Waals surface area contributed by atoms with Gasteiger partial charge >= 0.3 is 12.0 Å². The van der Waals surface area contributed by atoms with Crippen molar-refractivity contribution < 1.29 is 23.1 Å². The van der Waals surface area contributed by atoms with Crippen molar-refractivity contribution in [2.75, 3.05) is 12.3 Å². The molecule has 0 aromatic heterocycles. The SMILES string of the molecule is NS(=O)(=O)CCCNC(=O)NC1(CC(=O)O)CCCCC1. The number of aliphatic carboxylic acids is 1. The maximum absolute atomic E-state index is 11.8. The average Bonchev–Trinajstić information content (AvgIpc) is 2.33. The maximum atomic E-state index is 11.8. The van der Waals surface area contributed by atoms with Gasteiger partial charge < -0.3 is 15.7 Å². The highest BCUT2D eigenvalue weighted by Crippen LogP contribution is 2.31. The van der Waals surface area contributed by atoms with Crippen LogP contribution in [0.15, 0.2) is 0 Å². The van der Waals surface area contributed by atoms with Crippen LogP contribution in [0.5, 0.6) is 0 Å². The van der Waals surface area contributed by atoms with Crippen LogP contribution in [-0.4, -0.2) is 43.4 Å². The molecule has 0 heterocycles. The fraction of sp³-hybridized carbons (Fsp3) is 0.833. The van der Waals surface area contributed by atoms with E-state index in [1.165, 1.54) is 0 Å². The third kappa shape index (κ3) is 7.28. The monoisotopic (exact) mass is 321 g/mol. The minimum absolute atomic E-state index is 0.0996. The first-order valence-corrected chi connectivity index (χ1v) is 8.72. The molecule has 0 aromatic carbocycles. The third-order valence-corrected chi connectivity index (χ3v) is 4.43. The number of carbonyl (C=O) groups is 2. The van der Waals surface area contributed by atoms with Crippen LogP contribution < -0.4 is 15.8 Å². The van der Waals surface area contributed by atoms with Gasteiger partial charge in [-0.2, -0.15) is 0 Å². The second-order valence-corrected chi connectivity index (χ2v) is 7.25. The van der Waals surface area contributed by atoms with Crippen LogP contribution in [-0.2, 0) is 14.8 Å². The number of nitrogens with two attached hydrogens (primary N) is 1. The van der Waals surface area contributed by atoms with Gasteiger partial charge in [-0.05, 0) is 19.3 Å². The lowest BCUT2D eigenvalue weighted by Crippen LogP contribution is -2.54. The van der Waals surface area contributed by atoms with Crippen LogP contribution in [0.25, 0.3) is 0 Å². The first kappa shape index (κ1) is 17.7. The summed E-state index contributed by atoms with van der Waals surface area (Å²) in [6.45, 7) is 0.172. The summed E-state index contributed by atoms with van der Waals surface area (Å²) in [6.07, 6.45) is 4.22. The van der Waals surface area contributed by atoms with Crippen molar-refractivity contribution in [3.63, 3.8) is 0 Å². The molecule has 0 saturated heterocycles. The molecule has 1 rings (SSSR count). The van der Waals surface area contributed by atoms with E-state index in [1.807, 2.05) is 0 Å². The quantitative estimate of drug-likeness (QED) is 0.494. The van der Waals surface area contributed by atoms with E-state index in [9.17, 15) is 18.0 Å². The molecule has 1 saturated carbocycles. The predicted octanol–water partition coefficient (Wildman–Crippen LogP) is 0.142. The van der Waals surface area contributed by atoms with Crippen LogP contribution in [0, 0.1) is 0 Å². The Balaban J connectivity index is 2.43. The van der Waals surface area contributed by atoms with Crippen molar-refractivity contribution in [3.8, 4) is 0 Å². The molecular formula is C12H23N3O5S. The summed E-state index contributed by atoms with van der Waals surface area (Å²) in [5, 5.41) is 19.1. The number of sulfonamides is 1. The Kier molecular flexibility index (Phi) is 6.41. The normalized spacial score (nSPS) is 18.0. The molecule has 8 nitrogen and oxygen atoms in total. The smallest absolute Gasteiger partial charge is 0.315 e. The molecule has 2 amide bonds. The minimum Gasteiger partial charge on any atom is -0.481 e. The van der Waals surface area contributed by atoms with Gasteiger partial charge in [0.1, 0.15) is 0 Å². The molecule has 0 aromatic rings. The summed E-state index contributed by atoms with van der Waals surface area (Å²) < 4.78 is 21.5. The molecule has 1 aliphatic rings. The van der Waals surface area contributed by atoms with Gasteiger partial charge in [0.15, 0.2) is 0 Å². The zero-order valence-corrected chi connectivity index (χ0v) is 12.7. The number of rotatable bonds is 7. The van der Waals surface area contributed by atoms with Gasteiger partial charge in [0, 0.05) is 6.54 Å². The lowest BCUT2D eigenvalue weighted by Gasteiger charge is -2.36. The number of hydrogen-bond donors (Lipinski definition) is 4. The van der Waals surface area contributed by atoms with Crippen LogP contribution >= 0.6 is 0 Å². The van der Waals surface area contributed by atoms with Crippen LogP contribution in [0.4, 0.5) is 4.79 Å². The molecule has 0 atom stereocenters. The first-order chi connectivity index (χ1) is 9.72. The largest absolute Gasteiger partial charge is 0.481 e. The number of urea groups is 1. The lowest BCUT2D eigenvalue weighted by atomic mass is 9.79. The van der Waals surface area contributed by atoms with Gasteiger partial charge in [-0.3, -0.25) is 4.79 Å². The van der Waals surface area contributed by atoms with E-state index in [2.05, 4.69) is 10.6 Å². The second-order valence-electron chi connectivity index (χ2n) is 5.51. The highest BCUT2D eigenvalue weighted by Gasteiger charge is 2.35. The summed E-state index contributed by atoms with van der Waals surface area (Å²) >= 11 is 0. The molecule has 0 bridgehead atoms. The van der Waals surface area contributed by atoms with E-state index in [0.29, 0.717) is 12.8 Å². The zero-order chi connectivity index (χ0) is 15.9. The fourth-order valence-electron chi connectivity index (χ4n) is 2.62. The fourth-order valence-corrected chi connectivity index (χ4v) is 3.17. The second kappa shape index (κ2) is 7.60. The molecule has 122 valence electrons. The number of carboxylic acids is 1. The van der Waals surface area contributed by atoms with Crippen molar-refractivity contribution in [1.82, 2.24) is 10.6 Å². The van der Waals surface area contributed by atoms with E-state index < -0.39 is 27.6 Å². The minimum atomic E-state index is -3.53. The van der Waals surface area contributed by atoms with Crippen LogP contribution in [0.2, 0.25) is 0 Å². The van der Waals surface area contributed by atoms with Crippen LogP contribution in [0.1, 0.15) is 44.9 Å². The molecule has 1 aliphatic carbocycles. The van der Waals surface area contributed by atoms with Crippen molar-refractivity contribution >= 4 is 22.0 Å². The Morgan fingerprint density at radius 3 is 2.33 bits per heavy atom. The summed E-state index contributed by atoms with van der Waals surface area (Å²) in [6, 6.07) is -0.465. The van der Waals surface area contributed by atoms with Gasteiger partial charge in [-0.15, -0.1) is 0 Å². The molecule has 21 heavy (non-hydrogen) atoms. The first-order valence-electron chi connectivity index (χ1n) is 7.01. The summed E-state index contributed by atoms with van der Waals surface area (Å²) in [5.41, 5.74) is -0.700. The van der Waals surface area contributed by atoms with Gasteiger partial charge in [0.05, 0.1) is 17.7 Å². The zero-order valence-electron chi connectivity index (χ0n) is 11.9. The number of nitrogens with one attached hydrogen (secondary N) is 2. The van der Waals surface area contributed by atoms with E-state index in [1.54, 1.807) is 0 Å². The van der Waals surface area contributed by atoms with Crippen molar-refractivity contribution in [2.24, 2.45) is 5.14 Å².